The lowest BCUT2D eigenvalue weighted by Crippen LogP contribution is -2.49. The van der Waals surface area contributed by atoms with Gasteiger partial charge in [0, 0.05) is 0 Å². The summed E-state index contributed by atoms with van der Waals surface area (Å²) in [6.45, 7) is 0. The van der Waals surface area contributed by atoms with Crippen molar-refractivity contribution in [3.8, 4) is 0 Å². The molecule has 13 nitrogen and oxygen atoms in total. The largest absolute Gasteiger partial charge is 0.481 e. The van der Waals surface area contributed by atoms with Crippen LogP contribution in [0.3, 0.4) is 0 Å². The lowest BCUT2D eigenvalue weighted by atomic mass is 9.93. The molecular weight excluding hydrogens is 401 g/mol. The van der Waals surface area contributed by atoms with Crippen LogP contribution in [0.2, 0.25) is 0 Å². The van der Waals surface area contributed by atoms with E-state index in [9.17, 15) is 33.9 Å². The number of aliphatic carboxylic acids is 5. The van der Waals surface area contributed by atoms with E-state index >= 15 is 0 Å². The number of hydrogen-bond donors (Lipinski definition) is 6. The molecule has 0 rings (SSSR count). The monoisotopic (exact) mass is 418 g/mol. The fourth-order valence-electron chi connectivity index (χ4n) is 1.77. The lowest BCUT2D eigenvalue weighted by molar-refractivity contribution is -0.191. The second-order valence-corrected chi connectivity index (χ2v) is 5.00. The number of aliphatic hydroxyl groups is 1. The molecule has 0 aromatic heterocycles. The summed E-state index contributed by atoms with van der Waals surface area (Å²) in [5.74, 6) is -11.6. The van der Waals surface area contributed by atoms with Gasteiger partial charge in [0.15, 0.2) is 5.60 Å². The van der Waals surface area contributed by atoms with Crippen molar-refractivity contribution in [3.63, 3.8) is 0 Å². The molecule has 0 aromatic carbocycles. The number of ether oxygens (including phenoxy) is 1. The first kappa shape index (κ1) is 30.1. The molecule has 0 aliphatic rings. The third kappa shape index (κ3) is 9.71. The summed E-state index contributed by atoms with van der Waals surface area (Å²) in [5, 5.41) is 53.5. The van der Waals surface area contributed by atoms with Crippen molar-refractivity contribution in [3.05, 3.63) is 0 Å². The fourth-order valence-corrected chi connectivity index (χ4v) is 1.77. The maximum Gasteiger partial charge on any atom is 0.349 e. The standard InChI is InChI=1S/C12H14O13.2Mg.4H/c13-5(14)1-11(24,9(20)21)4-8(19)25-12(10(22)23,2-6(15)16)3-7(17)18;;;;;;/h24H,1-4H2,(H,13,14)(H,15,16)(H,17,18)(H,20,21)(H,22,23);;;;;;. The Hall–Kier alpha value is -1.69. The second-order valence-electron chi connectivity index (χ2n) is 5.00. The molecule has 0 aromatic rings. The maximum atomic E-state index is 11.7. The molecule has 6 N–H and O–H groups in total. The van der Waals surface area contributed by atoms with Gasteiger partial charge in [-0.2, -0.15) is 0 Å². The highest BCUT2D eigenvalue weighted by Gasteiger charge is 2.49. The smallest absolute Gasteiger partial charge is 0.349 e. The maximum absolute atomic E-state index is 11.7. The van der Waals surface area contributed by atoms with Crippen LogP contribution in [-0.4, -0.2) is 124 Å². The van der Waals surface area contributed by atoms with Crippen molar-refractivity contribution in [1.82, 2.24) is 0 Å². The molecule has 0 aliphatic carbocycles. The second kappa shape index (κ2) is 11.9. The third-order valence-electron chi connectivity index (χ3n) is 2.85. The number of carbonyl (C=O) groups excluding carboxylic acids is 1. The zero-order valence-corrected chi connectivity index (χ0v) is 12.4. The number of rotatable bonds is 11. The van der Waals surface area contributed by atoms with Crippen LogP contribution in [-0.2, 0) is 33.5 Å². The van der Waals surface area contributed by atoms with Gasteiger partial charge in [-0.1, -0.05) is 0 Å². The van der Waals surface area contributed by atoms with Gasteiger partial charge in [0.2, 0.25) is 5.60 Å². The molecule has 0 bridgehead atoms. The van der Waals surface area contributed by atoms with Crippen molar-refractivity contribution in [1.29, 1.82) is 0 Å². The normalized spacial score (nSPS) is 12.3. The van der Waals surface area contributed by atoms with Crippen LogP contribution in [0.15, 0.2) is 0 Å². The quantitative estimate of drug-likeness (QED) is 0.139. The van der Waals surface area contributed by atoms with E-state index in [4.69, 9.17) is 25.5 Å². The first-order chi connectivity index (χ1) is 11.2. The Bertz CT molecular complexity index is 600. The molecule has 148 valence electrons. The van der Waals surface area contributed by atoms with Crippen molar-refractivity contribution in [2.45, 2.75) is 36.9 Å². The van der Waals surface area contributed by atoms with E-state index < -0.39 is 72.7 Å². The molecule has 1 unspecified atom stereocenters. The number of carboxylic acids is 5. The Kier molecular flexibility index (Phi) is 13.3. The summed E-state index contributed by atoms with van der Waals surface area (Å²) >= 11 is 0. The summed E-state index contributed by atoms with van der Waals surface area (Å²) < 4.78 is 4.33. The Morgan fingerprint density at radius 2 is 1.00 bits per heavy atom. The van der Waals surface area contributed by atoms with E-state index in [1.807, 2.05) is 0 Å². The Labute approximate surface area is 182 Å². The molecule has 0 saturated carbocycles. The minimum Gasteiger partial charge on any atom is -0.481 e. The first-order valence-electron chi connectivity index (χ1n) is 6.30. The third-order valence-corrected chi connectivity index (χ3v) is 2.85. The van der Waals surface area contributed by atoms with Gasteiger partial charge in [0.25, 0.3) is 0 Å². The summed E-state index contributed by atoms with van der Waals surface area (Å²) in [4.78, 5) is 66.0. The van der Waals surface area contributed by atoms with Crippen LogP contribution in [0.5, 0.6) is 0 Å². The topological polar surface area (TPSA) is 233 Å². The van der Waals surface area contributed by atoms with Crippen LogP contribution < -0.4 is 0 Å². The number of carboxylic acid groups (broad SMARTS) is 5. The van der Waals surface area contributed by atoms with Gasteiger partial charge in [-0.3, -0.25) is 19.2 Å². The molecule has 0 spiro atoms. The van der Waals surface area contributed by atoms with Crippen molar-refractivity contribution >= 4 is 81.9 Å². The van der Waals surface area contributed by atoms with Gasteiger partial charge in [0.05, 0.1) is 25.7 Å². The SMILES string of the molecule is O=C(O)CC(O)(CC(=O)OC(CC(=O)O)(CC(=O)O)C(=O)O)C(=O)O.[MgH2].[MgH2]. The Morgan fingerprint density at radius 1 is 0.630 bits per heavy atom. The molecule has 0 radical (unpaired) electrons. The van der Waals surface area contributed by atoms with Gasteiger partial charge in [-0.05, 0) is 0 Å². The van der Waals surface area contributed by atoms with Gasteiger partial charge >= 0.3 is 81.9 Å². The Balaban J connectivity index is -0.00000288. The zero-order valence-electron chi connectivity index (χ0n) is 12.4. The predicted molar refractivity (Wildman–Crippen MR) is 87.5 cm³/mol. The van der Waals surface area contributed by atoms with Gasteiger partial charge in [-0.25, -0.2) is 9.59 Å². The van der Waals surface area contributed by atoms with Gasteiger partial charge in [0.1, 0.15) is 0 Å². The van der Waals surface area contributed by atoms with Crippen LogP contribution in [0, 0.1) is 0 Å². The highest BCUT2D eigenvalue weighted by atomic mass is 24.3. The molecule has 27 heavy (non-hydrogen) atoms. The van der Waals surface area contributed by atoms with Gasteiger partial charge < -0.3 is 35.4 Å². The summed E-state index contributed by atoms with van der Waals surface area (Å²) in [7, 11) is 0. The van der Waals surface area contributed by atoms with Crippen LogP contribution in [0.1, 0.15) is 25.7 Å². The molecule has 0 amide bonds. The number of hydrogen-bond acceptors (Lipinski definition) is 8. The van der Waals surface area contributed by atoms with Crippen molar-refractivity contribution in [2.24, 2.45) is 0 Å². The van der Waals surface area contributed by atoms with Crippen LogP contribution in [0.25, 0.3) is 0 Å². The molecule has 15 heteroatoms. The molecule has 0 aliphatic heterocycles. The highest BCUT2D eigenvalue weighted by molar-refractivity contribution is 5.92. The average Bonchev–Trinajstić information content (AvgIpc) is 2.34. The summed E-state index contributed by atoms with van der Waals surface area (Å²) in [6.07, 6.45) is -5.94. The number of esters is 1. The van der Waals surface area contributed by atoms with E-state index in [1.54, 1.807) is 0 Å². The van der Waals surface area contributed by atoms with Crippen LogP contribution >= 0.6 is 0 Å². The van der Waals surface area contributed by atoms with E-state index in [-0.39, 0.29) is 46.1 Å². The summed E-state index contributed by atoms with van der Waals surface area (Å²) in [6, 6.07) is 0. The van der Waals surface area contributed by atoms with E-state index in [1.165, 1.54) is 0 Å². The van der Waals surface area contributed by atoms with Crippen LogP contribution in [0.4, 0.5) is 0 Å². The van der Waals surface area contributed by atoms with E-state index in [2.05, 4.69) is 4.74 Å². The molecular formula is C12H18Mg2O13. The molecule has 1 atom stereocenters. The minimum absolute atomic E-state index is 0. The van der Waals surface area contributed by atoms with Crippen molar-refractivity contribution < 1.29 is 64.1 Å². The molecule has 0 saturated heterocycles. The van der Waals surface area contributed by atoms with Gasteiger partial charge in [-0.15, -0.1) is 0 Å². The molecule has 0 fully saturated rings. The summed E-state index contributed by atoms with van der Waals surface area (Å²) in [5.41, 5.74) is -6.24. The molecule has 0 heterocycles. The van der Waals surface area contributed by atoms with E-state index in [0.29, 0.717) is 0 Å². The minimum atomic E-state index is -3.17. The number of carbonyl (C=O) groups is 6. The predicted octanol–water partition coefficient (Wildman–Crippen LogP) is -3.85. The van der Waals surface area contributed by atoms with E-state index in [0.717, 1.165) is 0 Å². The zero-order chi connectivity index (χ0) is 20.0. The van der Waals surface area contributed by atoms with Crippen molar-refractivity contribution in [2.75, 3.05) is 0 Å². The Morgan fingerprint density at radius 3 is 1.26 bits per heavy atom. The highest BCUT2D eigenvalue weighted by Crippen LogP contribution is 2.25. The first-order valence-corrected chi connectivity index (χ1v) is 6.30. The average molecular weight is 419 g/mol. The fraction of sp³-hybridized carbons (Fsp3) is 0.500. The lowest BCUT2D eigenvalue weighted by Gasteiger charge is -2.28.